The molecule has 1 aliphatic rings. The Morgan fingerprint density at radius 3 is 2.39 bits per heavy atom. The highest BCUT2D eigenvalue weighted by molar-refractivity contribution is 5.88. The van der Waals surface area contributed by atoms with Gasteiger partial charge in [0, 0.05) is 32.4 Å². The number of carbonyl (C=O) groups excluding carboxylic acids is 3. The third kappa shape index (κ3) is 4.93. The van der Waals surface area contributed by atoms with E-state index in [0.717, 1.165) is 19.9 Å². The van der Waals surface area contributed by atoms with Gasteiger partial charge in [-0.25, -0.2) is 18.7 Å². The van der Waals surface area contributed by atoms with Crippen LogP contribution in [-0.4, -0.2) is 62.3 Å². The maximum atomic E-state index is 14.5. The lowest BCUT2D eigenvalue weighted by molar-refractivity contribution is -0.166. The average molecular weight is 505 g/mol. The Labute approximate surface area is 202 Å². The molecule has 190 valence electrons. The lowest BCUT2D eigenvalue weighted by Gasteiger charge is -2.23. The minimum Gasteiger partial charge on any atom is -0.463 e. The number of nitrogens with zero attached hydrogens (tertiary/aromatic N) is 4. The fraction of sp³-hybridized carbons (Fsp3) is 0.364. The zero-order valence-corrected chi connectivity index (χ0v) is 19.3. The van der Waals surface area contributed by atoms with Crippen molar-refractivity contribution in [3.8, 4) is 11.3 Å². The Bertz CT molecular complexity index is 1350. The van der Waals surface area contributed by atoms with Crippen LogP contribution in [0.5, 0.6) is 0 Å². The van der Waals surface area contributed by atoms with Crippen molar-refractivity contribution >= 4 is 35.0 Å². The predicted octanol–water partition coefficient (Wildman–Crippen LogP) is 1.68. The number of esters is 3. The summed E-state index contributed by atoms with van der Waals surface area (Å²) < 4.78 is 51.1. The number of aromatic nitrogens is 4. The van der Waals surface area contributed by atoms with E-state index in [4.69, 9.17) is 24.7 Å². The maximum absolute atomic E-state index is 14.5. The van der Waals surface area contributed by atoms with Crippen molar-refractivity contribution in [1.29, 1.82) is 0 Å². The highest BCUT2D eigenvalue weighted by Crippen LogP contribution is 2.37. The first kappa shape index (κ1) is 24.9. The van der Waals surface area contributed by atoms with Crippen LogP contribution in [0.1, 0.15) is 27.0 Å². The van der Waals surface area contributed by atoms with Crippen LogP contribution in [0.15, 0.2) is 24.5 Å². The molecule has 1 aromatic carbocycles. The van der Waals surface area contributed by atoms with E-state index in [1.54, 1.807) is 0 Å². The lowest BCUT2D eigenvalue weighted by Crippen LogP contribution is -2.40. The molecule has 1 saturated heterocycles. The molecule has 4 rings (SSSR count). The minimum atomic E-state index is -1.20. The van der Waals surface area contributed by atoms with Crippen molar-refractivity contribution in [2.24, 2.45) is 0 Å². The first-order chi connectivity index (χ1) is 17.0. The summed E-state index contributed by atoms with van der Waals surface area (Å²) in [5.41, 5.74) is 5.95. The zero-order valence-electron chi connectivity index (χ0n) is 19.3. The molecule has 0 aliphatic carbocycles. The molecule has 0 amide bonds. The largest absolute Gasteiger partial charge is 0.463 e. The Hall–Kier alpha value is -4.20. The van der Waals surface area contributed by atoms with Gasteiger partial charge in [0.25, 0.3) is 0 Å². The molecule has 2 N–H and O–H groups in total. The first-order valence-corrected chi connectivity index (χ1v) is 10.6. The van der Waals surface area contributed by atoms with Crippen LogP contribution in [0.25, 0.3) is 22.4 Å². The number of nitrogens with two attached hydrogens (primary N) is 1. The fourth-order valence-electron chi connectivity index (χ4n) is 3.91. The molecule has 1 aliphatic heterocycles. The molecule has 1 fully saturated rings. The first-order valence-electron chi connectivity index (χ1n) is 10.6. The number of ether oxygens (including phenoxy) is 4. The number of imidazole rings is 1. The molecule has 0 saturated carbocycles. The van der Waals surface area contributed by atoms with E-state index in [2.05, 4.69) is 15.0 Å². The van der Waals surface area contributed by atoms with E-state index in [0.29, 0.717) is 6.07 Å². The molecule has 3 aromatic rings. The summed E-state index contributed by atoms with van der Waals surface area (Å²) in [4.78, 5) is 47.5. The molecule has 14 heteroatoms. The Morgan fingerprint density at radius 2 is 1.75 bits per heavy atom. The van der Waals surface area contributed by atoms with Crippen LogP contribution >= 0.6 is 0 Å². The number of benzene rings is 1. The van der Waals surface area contributed by atoms with Gasteiger partial charge in [0.15, 0.2) is 24.1 Å². The van der Waals surface area contributed by atoms with Crippen molar-refractivity contribution in [2.75, 3.05) is 12.3 Å². The van der Waals surface area contributed by atoms with Crippen LogP contribution in [0, 0.1) is 11.6 Å². The minimum absolute atomic E-state index is 0.0104. The van der Waals surface area contributed by atoms with E-state index >= 15 is 0 Å². The van der Waals surface area contributed by atoms with Gasteiger partial charge in [-0.3, -0.25) is 19.0 Å². The molecule has 36 heavy (non-hydrogen) atoms. The van der Waals surface area contributed by atoms with Crippen molar-refractivity contribution in [3.05, 3.63) is 36.2 Å². The van der Waals surface area contributed by atoms with Gasteiger partial charge >= 0.3 is 17.9 Å². The van der Waals surface area contributed by atoms with E-state index in [-0.39, 0.29) is 35.0 Å². The topological polar surface area (TPSA) is 158 Å². The van der Waals surface area contributed by atoms with Gasteiger partial charge in [-0.05, 0) is 12.1 Å². The fourth-order valence-corrected chi connectivity index (χ4v) is 3.91. The van der Waals surface area contributed by atoms with Gasteiger partial charge in [0.2, 0.25) is 5.95 Å². The summed E-state index contributed by atoms with van der Waals surface area (Å²) in [6.07, 6.45) is -3.26. The van der Waals surface area contributed by atoms with Gasteiger partial charge in [0.1, 0.15) is 35.6 Å². The van der Waals surface area contributed by atoms with Crippen LogP contribution in [0.4, 0.5) is 14.7 Å². The molecule has 0 radical (unpaired) electrons. The van der Waals surface area contributed by atoms with Gasteiger partial charge in [-0.2, -0.15) is 4.98 Å². The number of halogens is 2. The quantitative estimate of drug-likeness (QED) is 0.384. The van der Waals surface area contributed by atoms with Gasteiger partial charge in [-0.15, -0.1) is 0 Å². The molecular formula is C22H21F2N5O7. The lowest BCUT2D eigenvalue weighted by atomic mass is 10.1. The third-order valence-corrected chi connectivity index (χ3v) is 5.24. The number of rotatable bonds is 6. The van der Waals surface area contributed by atoms with Gasteiger partial charge < -0.3 is 24.7 Å². The second-order valence-electron chi connectivity index (χ2n) is 7.89. The number of hydrogen-bond acceptors (Lipinski definition) is 11. The van der Waals surface area contributed by atoms with Crippen molar-refractivity contribution in [3.63, 3.8) is 0 Å². The second-order valence-corrected chi connectivity index (χ2v) is 7.89. The highest BCUT2D eigenvalue weighted by atomic mass is 19.1. The monoisotopic (exact) mass is 505 g/mol. The zero-order chi connectivity index (χ0) is 26.1. The number of carbonyl (C=O) groups is 3. The molecule has 4 atom stereocenters. The van der Waals surface area contributed by atoms with Gasteiger partial charge in [-0.1, -0.05) is 0 Å². The Kier molecular flexibility index (Phi) is 6.79. The normalized spacial score (nSPS) is 21.4. The average Bonchev–Trinajstić information content (AvgIpc) is 3.32. The Morgan fingerprint density at radius 1 is 1.06 bits per heavy atom. The number of anilines is 1. The molecule has 0 spiro atoms. The van der Waals surface area contributed by atoms with Crippen LogP contribution in [0.2, 0.25) is 0 Å². The van der Waals surface area contributed by atoms with Crippen molar-refractivity contribution in [1.82, 2.24) is 19.5 Å². The molecule has 0 unspecified atom stereocenters. The summed E-state index contributed by atoms with van der Waals surface area (Å²) >= 11 is 0. The van der Waals surface area contributed by atoms with Crippen LogP contribution < -0.4 is 5.73 Å². The standard InChI is InChI=1S/C22H21F2N5O7/c1-9(30)33-7-15-18(34-10(2)31)19(35-11(3)32)21(36-15)29-8-26-17-16(27-22(25)28-20(17)29)13-5-4-12(23)6-14(13)24/h4-6,8,15,18-19,21H,7H2,1-3H3,(H2,25,27,28)/t15-,18-,19-,21-/m1/s1. The molecular weight excluding hydrogens is 484 g/mol. The van der Waals surface area contributed by atoms with Gasteiger partial charge in [0.05, 0.1) is 6.33 Å². The number of hydrogen-bond donors (Lipinski definition) is 1. The predicted molar refractivity (Wildman–Crippen MR) is 117 cm³/mol. The van der Waals surface area contributed by atoms with E-state index in [9.17, 15) is 23.2 Å². The summed E-state index contributed by atoms with van der Waals surface area (Å²) in [7, 11) is 0. The van der Waals surface area contributed by atoms with E-state index < -0.39 is 54.1 Å². The maximum Gasteiger partial charge on any atom is 0.303 e. The van der Waals surface area contributed by atoms with E-state index in [1.165, 1.54) is 23.9 Å². The van der Waals surface area contributed by atoms with Crippen LogP contribution in [-0.2, 0) is 33.3 Å². The summed E-state index contributed by atoms with van der Waals surface area (Å²) in [6, 6.07) is 2.93. The number of fused-ring (bicyclic) bond motifs is 1. The Balaban J connectivity index is 1.82. The SMILES string of the molecule is CC(=O)OC[C@H]1O[C@@H](n2cnc3c(-c4ccc(F)cc4F)nc(N)nc32)[C@H](OC(C)=O)[C@@H]1OC(C)=O. The van der Waals surface area contributed by atoms with E-state index in [1.807, 2.05) is 0 Å². The summed E-state index contributed by atoms with van der Waals surface area (Å²) in [6.45, 7) is 3.20. The van der Waals surface area contributed by atoms with Crippen molar-refractivity contribution in [2.45, 2.75) is 45.3 Å². The van der Waals surface area contributed by atoms with Crippen molar-refractivity contribution < 1.29 is 42.1 Å². The summed E-state index contributed by atoms with van der Waals surface area (Å²) in [5.74, 6) is -3.92. The third-order valence-electron chi connectivity index (χ3n) is 5.24. The molecule has 3 heterocycles. The smallest absolute Gasteiger partial charge is 0.303 e. The molecule has 0 bridgehead atoms. The summed E-state index contributed by atoms with van der Waals surface area (Å²) in [5, 5.41) is 0. The number of nitrogen functional groups attached to an aromatic ring is 1. The molecule has 12 nitrogen and oxygen atoms in total. The van der Waals surface area contributed by atoms with Crippen LogP contribution in [0.3, 0.4) is 0 Å². The highest BCUT2D eigenvalue weighted by Gasteiger charge is 2.51. The molecule has 2 aromatic heterocycles. The second kappa shape index (κ2) is 9.81.